The highest BCUT2D eigenvalue weighted by molar-refractivity contribution is 9.09. The van der Waals surface area contributed by atoms with Crippen LogP contribution >= 0.6 is 15.9 Å². The molecule has 0 fully saturated rings. The molecule has 0 N–H and O–H groups in total. The Morgan fingerprint density at radius 3 is 2.28 bits per heavy atom. The molecule has 0 aliphatic carbocycles. The minimum absolute atomic E-state index is 0.531. The molecule has 0 spiro atoms. The van der Waals surface area contributed by atoms with E-state index in [2.05, 4.69) is 54.9 Å². The van der Waals surface area contributed by atoms with Gasteiger partial charge in [0.05, 0.1) is 0 Å². The zero-order chi connectivity index (χ0) is 13.4. The monoisotopic (exact) mass is 310 g/mol. The molecule has 0 heterocycles. The van der Waals surface area contributed by atoms with Crippen LogP contribution in [0.4, 0.5) is 0 Å². The van der Waals surface area contributed by atoms with E-state index in [1.807, 2.05) is 0 Å². The molecule has 1 heteroatoms. The zero-order valence-corrected chi connectivity index (χ0v) is 13.7. The lowest BCUT2D eigenvalue weighted by molar-refractivity contribution is 0.588. The molecule has 0 nitrogen and oxygen atoms in total. The van der Waals surface area contributed by atoms with E-state index in [9.17, 15) is 0 Å². The van der Waals surface area contributed by atoms with Crippen molar-refractivity contribution >= 4 is 15.9 Å². The summed E-state index contributed by atoms with van der Waals surface area (Å²) >= 11 is 3.83. The van der Waals surface area contributed by atoms with Gasteiger partial charge < -0.3 is 0 Å². The van der Waals surface area contributed by atoms with Crippen molar-refractivity contribution in [2.24, 2.45) is 0 Å². The molecule has 1 aromatic carbocycles. The first kappa shape index (κ1) is 15.8. The van der Waals surface area contributed by atoms with E-state index in [0.29, 0.717) is 4.83 Å². The number of alkyl halides is 1. The van der Waals surface area contributed by atoms with Gasteiger partial charge in [0.1, 0.15) is 0 Å². The average Bonchev–Trinajstić information content (AvgIpc) is 2.36. The van der Waals surface area contributed by atoms with Crippen molar-refractivity contribution in [3.8, 4) is 0 Å². The van der Waals surface area contributed by atoms with Gasteiger partial charge in [0.2, 0.25) is 0 Å². The molecule has 1 atom stereocenters. The van der Waals surface area contributed by atoms with Gasteiger partial charge in [-0.3, -0.25) is 0 Å². The number of hydrogen-bond donors (Lipinski definition) is 0. The van der Waals surface area contributed by atoms with Crippen LogP contribution in [0.25, 0.3) is 0 Å². The molecule has 18 heavy (non-hydrogen) atoms. The van der Waals surface area contributed by atoms with Crippen molar-refractivity contribution in [3.63, 3.8) is 0 Å². The van der Waals surface area contributed by atoms with Gasteiger partial charge in [0.25, 0.3) is 0 Å². The van der Waals surface area contributed by atoms with Crippen molar-refractivity contribution < 1.29 is 0 Å². The lowest BCUT2D eigenvalue weighted by Crippen LogP contribution is -1.92. The maximum absolute atomic E-state index is 3.83. The van der Waals surface area contributed by atoms with Crippen LogP contribution in [0.15, 0.2) is 18.2 Å². The lowest BCUT2D eigenvalue weighted by atomic mass is 10.0. The first-order chi connectivity index (χ1) is 8.65. The summed E-state index contributed by atoms with van der Waals surface area (Å²) in [7, 11) is 0. The minimum atomic E-state index is 0.531. The Labute approximate surface area is 121 Å². The Bertz CT molecular complexity index is 343. The van der Waals surface area contributed by atoms with Crippen LogP contribution in [0.2, 0.25) is 0 Å². The SMILES string of the molecule is CCCCCCCCC(Br)c1ccc(C)c(C)c1. The second-order valence-corrected chi connectivity index (χ2v) is 6.47. The van der Waals surface area contributed by atoms with E-state index in [1.54, 1.807) is 0 Å². The van der Waals surface area contributed by atoms with E-state index >= 15 is 0 Å². The topological polar surface area (TPSA) is 0 Å². The van der Waals surface area contributed by atoms with Gasteiger partial charge in [-0.25, -0.2) is 0 Å². The summed E-state index contributed by atoms with van der Waals surface area (Å²) in [5.41, 5.74) is 4.23. The van der Waals surface area contributed by atoms with Gasteiger partial charge >= 0.3 is 0 Å². The van der Waals surface area contributed by atoms with Gasteiger partial charge in [-0.15, -0.1) is 0 Å². The van der Waals surface area contributed by atoms with E-state index in [-0.39, 0.29) is 0 Å². The molecule has 0 saturated heterocycles. The quantitative estimate of drug-likeness (QED) is 0.380. The fraction of sp³-hybridized carbons (Fsp3) is 0.647. The number of halogens is 1. The third-order valence-corrected chi connectivity index (χ3v) is 4.69. The largest absolute Gasteiger partial charge is 0.0839 e. The molecule has 0 bridgehead atoms. The van der Waals surface area contributed by atoms with E-state index in [4.69, 9.17) is 0 Å². The molecule has 0 radical (unpaired) electrons. The predicted octanol–water partition coefficient (Wildman–Crippen LogP) is 6.49. The Hall–Kier alpha value is -0.300. The molecular weight excluding hydrogens is 284 g/mol. The summed E-state index contributed by atoms with van der Waals surface area (Å²) in [6.07, 6.45) is 9.53. The maximum atomic E-state index is 3.83. The minimum Gasteiger partial charge on any atom is -0.0839 e. The van der Waals surface area contributed by atoms with Crippen molar-refractivity contribution in [3.05, 3.63) is 34.9 Å². The number of unbranched alkanes of at least 4 members (excludes halogenated alkanes) is 5. The molecule has 0 aromatic heterocycles. The van der Waals surface area contributed by atoms with Gasteiger partial charge in [-0.05, 0) is 37.0 Å². The summed E-state index contributed by atoms with van der Waals surface area (Å²) in [6, 6.07) is 6.82. The highest BCUT2D eigenvalue weighted by Gasteiger charge is 2.07. The van der Waals surface area contributed by atoms with E-state index in [0.717, 1.165) is 0 Å². The normalized spacial score (nSPS) is 12.7. The Kier molecular flexibility index (Phi) is 7.65. The fourth-order valence-electron chi connectivity index (χ4n) is 2.23. The Morgan fingerprint density at radius 2 is 1.61 bits per heavy atom. The van der Waals surface area contributed by atoms with Crippen LogP contribution in [-0.2, 0) is 0 Å². The van der Waals surface area contributed by atoms with Crippen molar-refractivity contribution in [2.75, 3.05) is 0 Å². The highest BCUT2D eigenvalue weighted by atomic mass is 79.9. The second kappa shape index (κ2) is 8.74. The summed E-state index contributed by atoms with van der Waals surface area (Å²) in [5, 5.41) is 0. The molecule has 0 aliphatic heterocycles. The van der Waals surface area contributed by atoms with Gasteiger partial charge in [0.15, 0.2) is 0 Å². The number of aryl methyl sites for hydroxylation is 2. The van der Waals surface area contributed by atoms with Crippen LogP contribution in [0.5, 0.6) is 0 Å². The number of rotatable bonds is 8. The molecule has 1 aromatic rings. The molecule has 0 amide bonds. The predicted molar refractivity (Wildman–Crippen MR) is 85.6 cm³/mol. The number of hydrogen-bond acceptors (Lipinski definition) is 0. The standard InChI is InChI=1S/C17H27Br/c1-4-5-6-7-8-9-10-17(18)16-12-11-14(2)15(3)13-16/h11-13,17H,4-10H2,1-3H3. The van der Waals surface area contributed by atoms with Gasteiger partial charge in [-0.1, -0.05) is 79.6 Å². The third kappa shape index (κ3) is 5.56. The van der Waals surface area contributed by atoms with Crippen molar-refractivity contribution in [1.82, 2.24) is 0 Å². The highest BCUT2D eigenvalue weighted by Crippen LogP contribution is 2.29. The molecule has 0 aliphatic rings. The van der Waals surface area contributed by atoms with Crippen LogP contribution in [0, 0.1) is 13.8 Å². The molecule has 0 saturated carbocycles. The maximum Gasteiger partial charge on any atom is 0.0395 e. The van der Waals surface area contributed by atoms with Crippen LogP contribution in [-0.4, -0.2) is 0 Å². The molecule has 1 unspecified atom stereocenters. The smallest absolute Gasteiger partial charge is 0.0395 e. The van der Waals surface area contributed by atoms with E-state index < -0.39 is 0 Å². The molecule has 102 valence electrons. The third-order valence-electron chi connectivity index (χ3n) is 3.70. The summed E-state index contributed by atoms with van der Waals surface area (Å²) in [6.45, 7) is 6.65. The summed E-state index contributed by atoms with van der Waals surface area (Å²) in [4.78, 5) is 0.531. The zero-order valence-electron chi connectivity index (χ0n) is 12.1. The van der Waals surface area contributed by atoms with Gasteiger partial charge in [-0.2, -0.15) is 0 Å². The van der Waals surface area contributed by atoms with Crippen LogP contribution < -0.4 is 0 Å². The first-order valence-corrected chi connectivity index (χ1v) is 8.28. The first-order valence-electron chi connectivity index (χ1n) is 7.36. The Morgan fingerprint density at radius 1 is 0.944 bits per heavy atom. The summed E-state index contributed by atoms with van der Waals surface area (Å²) < 4.78 is 0. The van der Waals surface area contributed by atoms with Crippen LogP contribution in [0.3, 0.4) is 0 Å². The fourth-order valence-corrected chi connectivity index (χ4v) is 2.84. The molecule has 1 rings (SSSR count). The van der Waals surface area contributed by atoms with Crippen LogP contribution in [0.1, 0.15) is 73.4 Å². The van der Waals surface area contributed by atoms with Crippen molar-refractivity contribution in [1.29, 1.82) is 0 Å². The summed E-state index contributed by atoms with van der Waals surface area (Å²) in [5.74, 6) is 0. The second-order valence-electron chi connectivity index (χ2n) is 5.37. The van der Waals surface area contributed by atoms with Crippen molar-refractivity contribution in [2.45, 2.75) is 70.5 Å². The average molecular weight is 311 g/mol. The van der Waals surface area contributed by atoms with E-state index in [1.165, 1.54) is 61.6 Å². The molecular formula is C17H27Br. The lowest BCUT2D eigenvalue weighted by Gasteiger charge is -2.12. The van der Waals surface area contributed by atoms with Gasteiger partial charge in [0, 0.05) is 4.83 Å². The Balaban J connectivity index is 2.27. The number of benzene rings is 1.